The lowest BCUT2D eigenvalue weighted by molar-refractivity contribution is -0.138. The van der Waals surface area contributed by atoms with Gasteiger partial charge in [0.1, 0.15) is 6.07 Å². The van der Waals surface area contributed by atoms with Crippen molar-refractivity contribution in [1.82, 2.24) is 0 Å². The van der Waals surface area contributed by atoms with E-state index in [-0.39, 0.29) is 24.2 Å². The second kappa shape index (κ2) is 5.40. The van der Waals surface area contributed by atoms with E-state index in [1.807, 2.05) is 0 Å². The standard InChI is InChI=1S/C11H9F3N2O2/c12-11(13,14)8-1-2-9(7(5-8)6-15)16-4-3-10(17)18/h1-2,5,16H,3-4H2,(H,17,18). The minimum atomic E-state index is -4.51. The third-order valence-corrected chi connectivity index (χ3v) is 2.12. The lowest BCUT2D eigenvalue weighted by atomic mass is 10.1. The molecule has 0 atom stereocenters. The molecule has 0 unspecified atom stereocenters. The molecule has 0 radical (unpaired) electrons. The van der Waals surface area contributed by atoms with Crippen molar-refractivity contribution in [3.05, 3.63) is 29.3 Å². The first-order valence-electron chi connectivity index (χ1n) is 4.91. The van der Waals surface area contributed by atoms with Gasteiger partial charge in [0.05, 0.1) is 23.2 Å². The number of benzene rings is 1. The number of alkyl halides is 3. The zero-order valence-electron chi connectivity index (χ0n) is 9.08. The minimum absolute atomic E-state index is 0.0371. The molecule has 0 aliphatic carbocycles. The monoisotopic (exact) mass is 258 g/mol. The van der Waals surface area contributed by atoms with Crippen LogP contribution in [0.1, 0.15) is 17.5 Å². The lowest BCUT2D eigenvalue weighted by Gasteiger charge is -2.10. The molecule has 0 saturated carbocycles. The number of nitrogens with one attached hydrogen (secondary N) is 1. The molecule has 2 N–H and O–H groups in total. The van der Waals surface area contributed by atoms with E-state index in [0.29, 0.717) is 0 Å². The summed E-state index contributed by atoms with van der Waals surface area (Å²) in [6.45, 7) is 0.0371. The Hall–Kier alpha value is -2.23. The molecule has 0 aromatic heterocycles. The topological polar surface area (TPSA) is 73.1 Å². The summed E-state index contributed by atoms with van der Waals surface area (Å²) < 4.78 is 37.2. The van der Waals surface area contributed by atoms with Gasteiger partial charge in [-0.15, -0.1) is 0 Å². The Labute approximate surface area is 101 Å². The molecule has 1 rings (SSSR count). The quantitative estimate of drug-likeness (QED) is 0.870. The maximum Gasteiger partial charge on any atom is 0.416 e. The molecular formula is C11H9F3N2O2. The average molecular weight is 258 g/mol. The number of hydrogen-bond acceptors (Lipinski definition) is 3. The first-order valence-corrected chi connectivity index (χ1v) is 4.91. The summed E-state index contributed by atoms with van der Waals surface area (Å²) in [5, 5.41) is 19.8. The third-order valence-electron chi connectivity index (χ3n) is 2.12. The van der Waals surface area contributed by atoms with Crippen LogP contribution in [0.5, 0.6) is 0 Å². The normalized spacial score (nSPS) is 10.8. The Morgan fingerprint density at radius 1 is 1.44 bits per heavy atom. The van der Waals surface area contributed by atoms with Gasteiger partial charge in [0, 0.05) is 6.54 Å². The average Bonchev–Trinajstić information content (AvgIpc) is 2.27. The number of nitriles is 1. The van der Waals surface area contributed by atoms with E-state index in [1.165, 1.54) is 0 Å². The third kappa shape index (κ3) is 3.66. The van der Waals surface area contributed by atoms with Gasteiger partial charge in [-0.2, -0.15) is 18.4 Å². The summed E-state index contributed by atoms with van der Waals surface area (Å²) >= 11 is 0. The van der Waals surface area contributed by atoms with Crippen LogP contribution in [0, 0.1) is 11.3 Å². The molecule has 18 heavy (non-hydrogen) atoms. The molecule has 0 spiro atoms. The molecule has 0 aliphatic rings. The van der Waals surface area contributed by atoms with Crippen molar-refractivity contribution in [2.75, 3.05) is 11.9 Å². The SMILES string of the molecule is N#Cc1cc(C(F)(F)F)ccc1NCCC(=O)O. The smallest absolute Gasteiger partial charge is 0.416 e. The van der Waals surface area contributed by atoms with Crippen LogP contribution in [0.4, 0.5) is 18.9 Å². The predicted octanol–water partition coefficient (Wildman–Crippen LogP) is 2.46. The fraction of sp³-hybridized carbons (Fsp3) is 0.273. The number of anilines is 1. The molecule has 0 heterocycles. The largest absolute Gasteiger partial charge is 0.481 e. The Kier molecular flexibility index (Phi) is 4.15. The van der Waals surface area contributed by atoms with Crippen LogP contribution in [0.2, 0.25) is 0 Å². The molecule has 0 aliphatic heterocycles. The van der Waals surface area contributed by atoms with Crippen LogP contribution in [0.3, 0.4) is 0 Å². The number of carbonyl (C=O) groups is 1. The summed E-state index contributed by atoms with van der Waals surface area (Å²) in [7, 11) is 0. The Bertz CT molecular complexity index is 492. The predicted molar refractivity (Wildman–Crippen MR) is 56.9 cm³/mol. The van der Waals surface area contributed by atoms with Crippen molar-refractivity contribution in [2.45, 2.75) is 12.6 Å². The Morgan fingerprint density at radius 3 is 2.61 bits per heavy atom. The van der Waals surface area contributed by atoms with Crippen LogP contribution in [0.25, 0.3) is 0 Å². The highest BCUT2D eigenvalue weighted by Crippen LogP contribution is 2.31. The van der Waals surface area contributed by atoms with E-state index in [9.17, 15) is 18.0 Å². The highest BCUT2D eigenvalue weighted by Gasteiger charge is 2.31. The van der Waals surface area contributed by atoms with Gasteiger partial charge in [-0.3, -0.25) is 4.79 Å². The van der Waals surface area contributed by atoms with Crippen molar-refractivity contribution in [2.24, 2.45) is 0 Å². The van der Waals surface area contributed by atoms with E-state index < -0.39 is 17.7 Å². The second-order valence-corrected chi connectivity index (χ2v) is 3.44. The zero-order chi connectivity index (χ0) is 13.8. The summed E-state index contributed by atoms with van der Waals surface area (Å²) in [5.41, 5.74) is -0.898. The maximum absolute atomic E-state index is 12.4. The van der Waals surface area contributed by atoms with Crippen molar-refractivity contribution in [3.8, 4) is 6.07 Å². The molecule has 0 bridgehead atoms. The molecule has 4 nitrogen and oxygen atoms in total. The highest BCUT2D eigenvalue weighted by atomic mass is 19.4. The molecule has 1 aromatic rings. The molecule has 1 aromatic carbocycles. The Balaban J connectivity index is 2.88. The van der Waals surface area contributed by atoms with Crippen LogP contribution >= 0.6 is 0 Å². The number of carboxylic acids is 1. The maximum atomic E-state index is 12.4. The van der Waals surface area contributed by atoms with Crippen LogP contribution in [-0.4, -0.2) is 17.6 Å². The molecule has 0 saturated heterocycles. The molecule has 0 fully saturated rings. The number of hydrogen-bond donors (Lipinski definition) is 2. The number of aliphatic carboxylic acids is 1. The van der Waals surface area contributed by atoms with Gasteiger partial charge >= 0.3 is 12.1 Å². The molecule has 96 valence electrons. The van der Waals surface area contributed by atoms with Gasteiger partial charge < -0.3 is 10.4 Å². The first-order chi connectivity index (χ1) is 8.34. The van der Waals surface area contributed by atoms with Gasteiger partial charge in [-0.05, 0) is 18.2 Å². The molecule has 7 heteroatoms. The van der Waals surface area contributed by atoms with Gasteiger partial charge in [0.15, 0.2) is 0 Å². The van der Waals surface area contributed by atoms with Gasteiger partial charge in [-0.25, -0.2) is 0 Å². The fourth-order valence-electron chi connectivity index (χ4n) is 1.27. The number of halogens is 3. The Morgan fingerprint density at radius 2 is 2.11 bits per heavy atom. The van der Waals surface area contributed by atoms with Crippen molar-refractivity contribution >= 4 is 11.7 Å². The van der Waals surface area contributed by atoms with E-state index in [2.05, 4.69) is 5.32 Å². The summed E-state index contributed by atoms with van der Waals surface area (Å²) in [5.74, 6) is -1.03. The van der Waals surface area contributed by atoms with E-state index in [0.717, 1.165) is 18.2 Å². The zero-order valence-corrected chi connectivity index (χ0v) is 9.08. The van der Waals surface area contributed by atoms with Gasteiger partial charge in [0.2, 0.25) is 0 Å². The second-order valence-electron chi connectivity index (χ2n) is 3.44. The highest BCUT2D eigenvalue weighted by molar-refractivity contribution is 5.68. The van der Waals surface area contributed by atoms with E-state index in [4.69, 9.17) is 10.4 Å². The molecular weight excluding hydrogens is 249 g/mol. The van der Waals surface area contributed by atoms with E-state index >= 15 is 0 Å². The van der Waals surface area contributed by atoms with Crippen molar-refractivity contribution < 1.29 is 23.1 Å². The van der Waals surface area contributed by atoms with Crippen LogP contribution in [0.15, 0.2) is 18.2 Å². The fourth-order valence-corrected chi connectivity index (χ4v) is 1.27. The lowest BCUT2D eigenvalue weighted by Crippen LogP contribution is -2.10. The summed E-state index contributed by atoms with van der Waals surface area (Å²) in [6.07, 6.45) is -4.70. The number of nitrogens with zero attached hydrogens (tertiary/aromatic N) is 1. The summed E-state index contributed by atoms with van der Waals surface area (Å²) in [6, 6.07) is 4.31. The van der Waals surface area contributed by atoms with Crippen molar-refractivity contribution in [3.63, 3.8) is 0 Å². The number of carboxylic acid groups (broad SMARTS) is 1. The van der Waals surface area contributed by atoms with Gasteiger partial charge in [0.25, 0.3) is 0 Å². The number of rotatable bonds is 4. The van der Waals surface area contributed by atoms with Crippen molar-refractivity contribution in [1.29, 1.82) is 5.26 Å². The van der Waals surface area contributed by atoms with Crippen LogP contribution in [-0.2, 0) is 11.0 Å². The minimum Gasteiger partial charge on any atom is -0.481 e. The molecule has 0 amide bonds. The van der Waals surface area contributed by atoms with Crippen LogP contribution < -0.4 is 5.32 Å². The van der Waals surface area contributed by atoms with E-state index in [1.54, 1.807) is 6.07 Å². The first kappa shape index (κ1) is 13.8. The summed E-state index contributed by atoms with van der Waals surface area (Å²) in [4.78, 5) is 10.3. The van der Waals surface area contributed by atoms with Gasteiger partial charge in [-0.1, -0.05) is 0 Å².